The largest absolute Gasteiger partial charge is 0.394 e. The van der Waals surface area contributed by atoms with E-state index in [9.17, 15) is 0 Å². The fourth-order valence-electron chi connectivity index (χ4n) is 1.06. The summed E-state index contributed by atoms with van der Waals surface area (Å²) >= 11 is 0. The first kappa shape index (κ1) is 11.7. The molecule has 0 fully saturated rings. The van der Waals surface area contributed by atoms with E-state index in [-0.39, 0.29) is 13.2 Å². The van der Waals surface area contributed by atoms with Gasteiger partial charge in [0.2, 0.25) is 0 Å². The van der Waals surface area contributed by atoms with Crippen LogP contribution in [0.2, 0.25) is 0 Å². The molecule has 0 aliphatic carbocycles. The number of hydrazine groups is 1. The Kier molecular flexibility index (Phi) is 3.84. The topological polar surface area (TPSA) is 103 Å². The lowest BCUT2D eigenvalue weighted by Crippen LogP contribution is -2.42. The zero-order valence-electron chi connectivity index (χ0n) is 8.57. The molecule has 0 bridgehead atoms. The van der Waals surface area contributed by atoms with Crippen molar-refractivity contribution in [2.75, 3.05) is 24.0 Å². The Hall–Kier alpha value is -1.37. The number of pyridine rings is 1. The number of nitrogens with two attached hydrogens (primary N) is 1. The van der Waals surface area contributed by atoms with Gasteiger partial charge in [-0.2, -0.15) is 0 Å². The normalized spacial score (nSPS) is 11.2. The minimum absolute atomic E-state index is 0.169. The number of hydrogen-bond acceptors (Lipinski definition) is 6. The molecule has 6 nitrogen and oxygen atoms in total. The maximum atomic E-state index is 9.09. The second-order valence-electron chi connectivity index (χ2n) is 3.58. The molecule has 6 N–H and O–H groups in total. The van der Waals surface area contributed by atoms with E-state index in [2.05, 4.69) is 15.7 Å². The lowest BCUT2D eigenvalue weighted by Gasteiger charge is -2.27. The molecule has 1 aromatic heterocycles. The Bertz CT molecular complexity index is 315. The highest BCUT2D eigenvalue weighted by Gasteiger charge is 2.21. The van der Waals surface area contributed by atoms with Gasteiger partial charge in [-0.25, -0.2) is 10.8 Å². The van der Waals surface area contributed by atoms with Crippen molar-refractivity contribution in [2.24, 2.45) is 5.84 Å². The molecule has 84 valence electrons. The van der Waals surface area contributed by atoms with Crippen molar-refractivity contribution < 1.29 is 10.2 Å². The van der Waals surface area contributed by atoms with Crippen molar-refractivity contribution in [2.45, 2.75) is 12.5 Å². The summed E-state index contributed by atoms with van der Waals surface area (Å²) in [5.74, 6) is 5.72. The van der Waals surface area contributed by atoms with Gasteiger partial charge >= 0.3 is 0 Å². The third-order valence-electron chi connectivity index (χ3n) is 2.05. The highest BCUT2D eigenvalue weighted by atomic mass is 16.3. The average molecular weight is 212 g/mol. The van der Waals surface area contributed by atoms with Crippen molar-refractivity contribution in [3.63, 3.8) is 0 Å². The van der Waals surface area contributed by atoms with Gasteiger partial charge in [-0.05, 0) is 13.0 Å². The minimum atomic E-state index is -0.757. The lowest BCUT2D eigenvalue weighted by molar-refractivity contribution is 0.147. The predicted octanol–water partition coefficient (Wildman–Crippen LogP) is -0.478. The van der Waals surface area contributed by atoms with Crippen LogP contribution < -0.4 is 16.6 Å². The Balaban J connectivity index is 2.79. The van der Waals surface area contributed by atoms with Gasteiger partial charge < -0.3 is 21.0 Å². The number of aliphatic hydroxyl groups is 2. The molecule has 0 radical (unpaired) electrons. The van der Waals surface area contributed by atoms with Crippen molar-refractivity contribution in [3.8, 4) is 0 Å². The average Bonchev–Trinajstić information content (AvgIpc) is 2.29. The van der Waals surface area contributed by atoms with E-state index in [0.717, 1.165) is 5.69 Å². The maximum absolute atomic E-state index is 9.09. The molecule has 1 rings (SSSR count). The van der Waals surface area contributed by atoms with Crippen LogP contribution in [-0.4, -0.2) is 33.9 Å². The first-order valence-corrected chi connectivity index (χ1v) is 4.56. The van der Waals surface area contributed by atoms with E-state index in [1.807, 2.05) is 0 Å². The van der Waals surface area contributed by atoms with E-state index in [4.69, 9.17) is 16.1 Å². The van der Waals surface area contributed by atoms with Crippen LogP contribution in [0.3, 0.4) is 0 Å². The Labute approximate surface area is 88.1 Å². The molecule has 0 saturated heterocycles. The third-order valence-corrected chi connectivity index (χ3v) is 2.05. The molecular weight excluding hydrogens is 196 g/mol. The van der Waals surface area contributed by atoms with E-state index >= 15 is 0 Å². The Morgan fingerprint density at radius 3 is 2.67 bits per heavy atom. The highest BCUT2D eigenvalue weighted by Crippen LogP contribution is 2.16. The van der Waals surface area contributed by atoms with Crippen molar-refractivity contribution in [3.05, 3.63) is 18.3 Å². The highest BCUT2D eigenvalue weighted by molar-refractivity contribution is 5.52. The maximum Gasteiger partial charge on any atom is 0.141 e. The molecule has 1 heterocycles. The van der Waals surface area contributed by atoms with Crippen LogP contribution in [0.4, 0.5) is 11.5 Å². The molecule has 0 amide bonds. The monoisotopic (exact) mass is 212 g/mol. The molecule has 15 heavy (non-hydrogen) atoms. The first-order chi connectivity index (χ1) is 7.13. The van der Waals surface area contributed by atoms with Gasteiger partial charge in [-0.15, -0.1) is 0 Å². The number of nitrogens with one attached hydrogen (secondary N) is 2. The molecule has 0 aromatic carbocycles. The number of nitrogens with zero attached hydrogens (tertiary/aromatic N) is 1. The third kappa shape index (κ3) is 3.05. The number of hydrogen-bond donors (Lipinski definition) is 5. The molecule has 0 aliphatic heterocycles. The van der Waals surface area contributed by atoms with Crippen molar-refractivity contribution in [1.29, 1.82) is 0 Å². The Morgan fingerprint density at radius 1 is 1.47 bits per heavy atom. The molecular formula is C9H16N4O2. The van der Waals surface area contributed by atoms with Gasteiger partial charge in [0.05, 0.1) is 18.8 Å². The number of anilines is 2. The molecule has 0 unspecified atom stereocenters. The van der Waals surface area contributed by atoms with Crippen LogP contribution >= 0.6 is 0 Å². The number of rotatable bonds is 5. The summed E-state index contributed by atoms with van der Waals surface area (Å²) < 4.78 is 0. The van der Waals surface area contributed by atoms with Crippen LogP contribution in [0.25, 0.3) is 0 Å². The number of aliphatic hydroxyl groups excluding tert-OH is 2. The fourth-order valence-corrected chi connectivity index (χ4v) is 1.06. The van der Waals surface area contributed by atoms with E-state index in [1.165, 1.54) is 0 Å². The lowest BCUT2D eigenvalue weighted by atomic mass is 10.1. The van der Waals surface area contributed by atoms with E-state index < -0.39 is 5.54 Å². The zero-order chi connectivity index (χ0) is 11.3. The van der Waals surface area contributed by atoms with E-state index in [1.54, 1.807) is 25.3 Å². The van der Waals surface area contributed by atoms with Crippen LogP contribution in [0, 0.1) is 0 Å². The quantitative estimate of drug-likeness (QED) is 0.334. The van der Waals surface area contributed by atoms with Gasteiger partial charge in [-0.1, -0.05) is 0 Å². The summed E-state index contributed by atoms with van der Waals surface area (Å²) in [5, 5.41) is 21.2. The molecule has 0 atom stereocenters. The first-order valence-electron chi connectivity index (χ1n) is 4.56. The van der Waals surface area contributed by atoms with E-state index in [0.29, 0.717) is 5.82 Å². The van der Waals surface area contributed by atoms with Crippen LogP contribution in [0.1, 0.15) is 6.92 Å². The second-order valence-corrected chi connectivity index (χ2v) is 3.58. The fraction of sp³-hybridized carbons (Fsp3) is 0.444. The van der Waals surface area contributed by atoms with Gasteiger partial charge in [0, 0.05) is 18.0 Å². The summed E-state index contributed by atoms with van der Waals surface area (Å²) in [6.07, 6.45) is 1.58. The van der Waals surface area contributed by atoms with Gasteiger partial charge in [-0.3, -0.25) is 0 Å². The van der Waals surface area contributed by atoms with Crippen LogP contribution in [0.15, 0.2) is 18.3 Å². The number of nitrogen functional groups attached to an aromatic ring is 1. The molecule has 1 aromatic rings. The second kappa shape index (κ2) is 4.92. The van der Waals surface area contributed by atoms with Crippen molar-refractivity contribution >= 4 is 11.5 Å². The molecule has 0 saturated carbocycles. The van der Waals surface area contributed by atoms with Crippen LogP contribution in [0.5, 0.6) is 0 Å². The predicted molar refractivity (Wildman–Crippen MR) is 58.2 cm³/mol. The van der Waals surface area contributed by atoms with Gasteiger partial charge in [0.25, 0.3) is 0 Å². The van der Waals surface area contributed by atoms with Crippen LogP contribution in [-0.2, 0) is 0 Å². The summed E-state index contributed by atoms with van der Waals surface area (Å²) in [7, 11) is 0. The van der Waals surface area contributed by atoms with Gasteiger partial charge in [0.15, 0.2) is 0 Å². The summed E-state index contributed by atoms with van der Waals surface area (Å²) in [6, 6.07) is 3.41. The Morgan fingerprint density at radius 2 is 2.13 bits per heavy atom. The standard InChI is InChI=1S/C9H16N4O2/c1-9(5-14,6-15)12-7-2-3-11-8(4-7)13-10/h2-4,14-15H,5-6,10H2,1H3,(H2,11,12,13). The number of aromatic nitrogens is 1. The SMILES string of the molecule is CC(CO)(CO)Nc1ccnc(NN)c1. The summed E-state index contributed by atoms with van der Waals surface area (Å²) in [6.45, 7) is 1.37. The van der Waals surface area contributed by atoms with Crippen molar-refractivity contribution in [1.82, 2.24) is 4.98 Å². The molecule has 0 spiro atoms. The van der Waals surface area contributed by atoms with Gasteiger partial charge in [0.1, 0.15) is 5.82 Å². The smallest absolute Gasteiger partial charge is 0.141 e. The molecule has 6 heteroatoms. The minimum Gasteiger partial charge on any atom is -0.394 e. The summed E-state index contributed by atoms with van der Waals surface area (Å²) in [5.41, 5.74) is 2.38. The summed E-state index contributed by atoms with van der Waals surface area (Å²) in [4.78, 5) is 3.94. The molecule has 0 aliphatic rings. The zero-order valence-corrected chi connectivity index (χ0v) is 8.57.